The monoisotopic (exact) mass is 302 g/mol. The summed E-state index contributed by atoms with van der Waals surface area (Å²) in [5.74, 6) is 0. The van der Waals surface area contributed by atoms with E-state index in [1.54, 1.807) is 0 Å². The topological polar surface area (TPSA) is 20.2 Å². The minimum absolute atomic E-state index is 0.272. The standard InChI is InChI=1S/C22H22O/c23-17-7-6-11-20-10-4-5-12-22(20)21-15-13-19(14-16-21)18-8-2-1-3-9-18/h1-5,8-10,12-16,23H,6-7,11,17H2. The van der Waals surface area contributed by atoms with E-state index in [1.165, 1.54) is 27.8 Å². The van der Waals surface area contributed by atoms with Crippen LogP contribution in [0.2, 0.25) is 0 Å². The summed E-state index contributed by atoms with van der Waals surface area (Å²) in [5, 5.41) is 8.97. The largest absolute Gasteiger partial charge is 0.396 e. The average Bonchev–Trinajstić information content (AvgIpc) is 2.63. The van der Waals surface area contributed by atoms with Crippen LogP contribution in [0, 0.1) is 0 Å². The highest BCUT2D eigenvalue weighted by Crippen LogP contribution is 2.28. The van der Waals surface area contributed by atoms with Gasteiger partial charge in [-0.2, -0.15) is 0 Å². The lowest BCUT2D eigenvalue weighted by Crippen LogP contribution is -1.92. The van der Waals surface area contributed by atoms with Crippen molar-refractivity contribution in [2.75, 3.05) is 6.61 Å². The van der Waals surface area contributed by atoms with E-state index in [4.69, 9.17) is 5.11 Å². The Morgan fingerprint density at radius 3 is 1.91 bits per heavy atom. The van der Waals surface area contributed by atoms with E-state index in [-0.39, 0.29) is 6.61 Å². The van der Waals surface area contributed by atoms with Gasteiger partial charge in [0.15, 0.2) is 0 Å². The molecule has 3 rings (SSSR count). The molecule has 0 aliphatic heterocycles. The van der Waals surface area contributed by atoms with Crippen LogP contribution in [0.3, 0.4) is 0 Å². The third kappa shape index (κ3) is 3.88. The van der Waals surface area contributed by atoms with E-state index in [0.29, 0.717) is 0 Å². The van der Waals surface area contributed by atoms with Gasteiger partial charge in [-0.25, -0.2) is 0 Å². The number of aryl methyl sites for hydroxylation is 1. The molecule has 3 aromatic rings. The quantitative estimate of drug-likeness (QED) is 0.610. The van der Waals surface area contributed by atoms with Crippen molar-refractivity contribution in [2.24, 2.45) is 0 Å². The molecule has 1 nitrogen and oxygen atoms in total. The molecule has 1 heteroatoms. The first-order valence-electron chi connectivity index (χ1n) is 8.23. The highest BCUT2D eigenvalue weighted by atomic mass is 16.2. The van der Waals surface area contributed by atoms with Gasteiger partial charge in [0, 0.05) is 6.61 Å². The summed E-state index contributed by atoms with van der Waals surface area (Å²) in [4.78, 5) is 0. The summed E-state index contributed by atoms with van der Waals surface area (Å²) in [6.45, 7) is 0.272. The zero-order chi connectivity index (χ0) is 15.9. The van der Waals surface area contributed by atoms with Gasteiger partial charge in [-0.05, 0) is 47.1 Å². The van der Waals surface area contributed by atoms with Crippen molar-refractivity contribution in [3.63, 3.8) is 0 Å². The minimum atomic E-state index is 0.272. The summed E-state index contributed by atoms with van der Waals surface area (Å²) in [7, 11) is 0. The van der Waals surface area contributed by atoms with Crippen LogP contribution in [0.4, 0.5) is 0 Å². The van der Waals surface area contributed by atoms with Crippen LogP contribution in [0.25, 0.3) is 22.3 Å². The SMILES string of the molecule is OCCCCc1ccccc1-c1ccc(-c2ccccc2)cc1. The normalized spacial score (nSPS) is 10.7. The van der Waals surface area contributed by atoms with Gasteiger partial charge in [-0.15, -0.1) is 0 Å². The van der Waals surface area contributed by atoms with Crippen LogP contribution >= 0.6 is 0 Å². The summed E-state index contributed by atoms with van der Waals surface area (Å²) >= 11 is 0. The van der Waals surface area contributed by atoms with E-state index in [0.717, 1.165) is 19.3 Å². The number of aliphatic hydroxyl groups excluding tert-OH is 1. The second kappa shape index (κ2) is 7.75. The molecule has 0 spiro atoms. The van der Waals surface area contributed by atoms with Crippen LogP contribution in [0.15, 0.2) is 78.9 Å². The van der Waals surface area contributed by atoms with Gasteiger partial charge in [0.2, 0.25) is 0 Å². The van der Waals surface area contributed by atoms with E-state index in [1.807, 2.05) is 6.07 Å². The van der Waals surface area contributed by atoms with E-state index < -0.39 is 0 Å². The molecule has 23 heavy (non-hydrogen) atoms. The van der Waals surface area contributed by atoms with Gasteiger partial charge >= 0.3 is 0 Å². The molecule has 0 heterocycles. The second-order valence-corrected chi connectivity index (χ2v) is 5.78. The minimum Gasteiger partial charge on any atom is -0.396 e. The van der Waals surface area contributed by atoms with Crippen LogP contribution in [0.5, 0.6) is 0 Å². The fourth-order valence-electron chi connectivity index (χ4n) is 2.92. The van der Waals surface area contributed by atoms with Crippen molar-refractivity contribution < 1.29 is 5.11 Å². The van der Waals surface area contributed by atoms with Crippen molar-refractivity contribution in [2.45, 2.75) is 19.3 Å². The average molecular weight is 302 g/mol. The highest BCUT2D eigenvalue weighted by Gasteiger charge is 2.05. The van der Waals surface area contributed by atoms with Gasteiger partial charge < -0.3 is 5.11 Å². The zero-order valence-electron chi connectivity index (χ0n) is 13.3. The number of unbranched alkanes of at least 4 members (excludes halogenated alkanes) is 1. The first-order valence-corrected chi connectivity index (χ1v) is 8.23. The van der Waals surface area contributed by atoms with Crippen LogP contribution in [0.1, 0.15) is 18.4 Å². The molecule has 0 aliphatic carbocycles. The van der Waals surface area contributed by atoms with Crippen LogP contribution < -0.4 is 0 Å². The molecule has 0 aromatic heterocycles. The molecule has 0 atom stereocenters. The predicted molar refractivity (Wildman–Crippen MR) is 97.3 cm³/mol. The molecule has 1 N–H and O–H groups in total. The summed E-state index contributed by atoms with van der Waals surface area (Å²) in [6.07, 6.45) is 2.90. The lowest BCUT2D eigenvalue weighted by atomic mass is 9.94. The molecular formula is C22H22O. The number of hydrogen-bond donors (Lipinski definition) is 1. The summed E-state index contributed by atoms with van der Waals surface area (Å²) < 4.78 is 0. The Labute approximate surface area is 138 Å². The Hall–Kier alpha value is -2.38. The molecule has 3 aromatic carbocycles. The smallest absolute Gasteiger partial charge is 0.0431 e. The predicted octanol–water partition coefficient (Wildman–Crippen LogP) is 5.34. The molecule has 0 bridgehead atoms. The molecule has 0 fully saturated rings. The molecule has 0 unspecified atom stereocenters. The molecule has 0 saturated carbocycles. The Bertz CT molecular complexity index is 729. The maximum atomic E-state index is 8.97. The summed E-state index contributed by atoms with van der Waals surface area (Å²) in [6, 6.07) is 27.8. The van der Waals surface area contributed by atoms with Gasteiger partial charge in [-0.1, -0.05) is 78.9 Å². The Kier molecular flexibility index (Phi) is 5.23. The van der Waals surface area contributed by atoms with Crippen LogP contribution in [-0.2, 0) is 6.42 Å². The molecule has 0 amide bonds. The van der Waals surface area contributed by atoms with E-state index >= 15 is 0 Å². The van der Waals surface area contributed by atoms with Crippen molar-refractivity contribution >= 4 is 0 Å². The number of benzene rings is 3. The summed E-state index contributed by atoms with van der Waals surface area (Å²) in [5.41, 5.74) is 6.39. The van der Waals surface area contributed by atoms with Crippen molar-refractivity contribution in [1.29, 1.82) is 0 Å². The maximum absolute atomic E-state index is 8.97. The Morgan fingerprint density at radius 2 is 1.17 bits per heavy atom. The van der Waals surface area contributed by atoms with Gasteiger partial charge in [0.05, 0.1) is 0 Å². The molecule has 116 valence electrons. The fourth-order valence-corrected chi connectivity index (χ4v) is 2.92. The first kappa shape index (κ1) is 15.5. The van der Waals surface area contributed by atoms with Gasteiger partial charge in [0.1, 0.15) is 0 Å². The fraction of sp³-hybridized carbons (Fsp3) is 0.182. The Morgan fingerprint density at radius 1 is 0.565 bits per heavy atom. The molecule has 0 aliphatic rings. The van der Waals surface area contributed by atoms with Crippen molar-refractivity contribution in [3.05, 3.63) is 84.4 Å². The van der Waals surface area contributed by atoms with Crippen molar-refractivity contribution in [3.8, 4) is 22.3 Å². The van der Waals surface area contributed by atoms with Crippen LogP contribution in [-0.4, -0.2) is 11.7 Å². The zero-order valence-corrected chi connectivity index (χ0v) is 13.3. The third-order valence-corrected chi connectivity index (χ3v) is 4.17. The lowest BCUT2D eigenvalue weighted by Gasteiger charge is -2.10. The maximum Gasteiger partial charge on any atom is 0.0431 e. The number of hydrogen-bond acceptors (Lipinski definition) is 1. The Balaban J connectivity index is 1.85. The third-order valence-electron chi connectivity index (χ3n) is 4.17. The van der Waals surface area contributed by atoms with Gasteiger partial charge in [-0.3, -0.25) is 0 Å². The van der Waals surface area contributed by atoms with E-state index in [9.17, 15) is 0 Å². The molecular weight excluding hydrogens is 280 g/mol. The van der Waals surface area contributed by atoms with E-state index in [2.05, 4.69) is 72.8 Å². The van der Waals surface area contributed by atoms with Gasteiger partial charge in [0.25, 0.3) is 0 Å². The number of rotatable bonds is 6. The highest BCUT2D eigenvalue weighted by molar-refractivity contribution is 5.72. The number of aliphatic hydroxyl groups is 1. The first-order chi connectivity index (χ1) is 11.4. The molecule has 0 radical (unpaired) electrons. The second-order valence-electron chi connectivity index (χ2n) is 5.78. The van der Waals surface area contributed by atoms with Crippen molar-refractivity contribution in [1.82, 2.24) is 0 Å². The molecule has 0 saturated heterocycles. The lowest BCUT2D eigenvalue weighted by molar-refractivity contribution is 0.284.